The zero-order valence-corrected chi connectivity index (χ0v) is 11.9. The van der Waals surface area contributed by atoms with Crippen LogP contribution in [0.3, 0.4) is 0 Å². The van der Waals surface area contributed by atoms with Gasteiger partial charge in [0.15, 0.2) is 17.7 Å². The SMILES string of the molecule is CCC(C)(NC(=O)C(C)Oc1ccc(F)c(F)c1)C(=O)O. The second kappa shape index (κ2) is 6.51. The Morgan fingerprint density at radius 2 is 2.00 bits per heavy atom. The Morgan fingerprint density at radius 1 is 1.38 bits per heavy atom. The third kappa shape index (κ3) is 4.14. The smallest absolute Gasteiger partial charge is 0.329 e. The highest BCUT2D eigenvalue weighted by Gasteiger charge is 2.34. The summed E-state index contributed by atoms with van der Waals surface area (Å²) < 4.78 is 31.0. The summed E-state index contributed by atoms with van der Waals surface area (Å²) in [5.41, 5.74) is -1.41. The number of carbonyl (C=O) groups is 2. The van der Waals surface area contributed by atoms with Gasteiger partial charge in [-0.25, -0.2) is 13.6 Å². The van der Waals surface area contributed by atoms with Gasteiger partial charge in [0.25, 0.3) is 5.91 Å². The molecule has 116 valence electrons. The van der Waals surface area contributed by atoms with E-state index in [1.54, 1.807) is 6.92 Å². The number of carboxylic acid groups (broad SMARTS) is 1. The summed E-state index contributed by atoms with van der Waals surface area (Å²) in [6.45, 7) is 4.38. The lowest BCUT2D eigenvalue weighted by atomic mass is 9.99. The van der Waals surface area contributed by atoms with Crippen molar-refractivity contribution in [3.05, 3.63) is 29.8 Å². The Bertz CT molecular complexity index is 550. The largest absolute Gasteiger partial charge is 0.481 e. The Kier molecular flexibility index (Phi) is 5.23. The molecule has 0 saturated carbocycles. The number of halogens is 2. The average Bonchev–Trinajstić information content (AvgIpc) is 2.42. The van der Waals surface area contributed by atoms with Crippen LogP contribution in [-0.4, -0.2) is 28.6 Å². The number of carbonyl (C=O) groups excluding carboxylic acids is 1. The van der Waals surface area contributed by atoms with Gasteiger partial charge in [0, 0.05) is 6.07 Å². The molecule has 0 aliphatic heterocycles. The number of amides is 1. The van der Waals surface area contributed by atoms with Crippen molar-refractivity contribution in [3.63, 3.8) is 0 Å². The molecule has 0 saturated heterocycles. The zero-order chi connectivity index (χ0) is 16.2. The summed E-state index contributed by atoms with van der Waals surface area (Å²) in [5.74, 6) is -3.97. The number of benzene rings is 1. The lowest BCUT2D eigenvalue weighted by Gasteiger charge is -2.26. The van der Waals surface area contributed by atoms with Crippen LogP contribution < -0.4 is 10.1 Å². The maximum Gasteiger partial charge on any atom is 0.329 e. The summed E-state index contributed by atoms with van der Waals surface area (Å²) >= 11 is 0. The molecule has 2 atom stereocenters. The molecule has 0 aliphatic rings. The van der Waals surface area contributed by atoms with Crippen molar-refractivity contribution in [2.24, 2.45) is 0 Å². The minimum atomic E-state index is -1.41. The van der Waals surface area contributed by atoms with Crippen molar-refractivity contribution in [1.82, 2.24) is 5.32 Å². The van der Waals surface area contributed by atoms with Crippen LogP contribution in [0.2, 0.25) is 0 Å². The molecule has 7 heteroatoms. The van der Waals surface area contributed by atoms with Crippen LogP contribution in [0.1, 0.15) is 27.2 Å². The van der Waals surface area contributed by atoms with Crippen molar-refractivity contribution < 1.29 is 28.2 Å². The van der Waals surface area contributed by atoms with Crippen molar-refractivity contribution in [1.29, 1.82) is 0 Å². The van der Waals surface area contributed by atoms with Crippen LogP contribution in [0, 0.1) is 11.6 Å². The monoisotopic (exact) mass is 301 g/mol. The molecule has 0 aliphatic carbocycles. The molecule has 2 unspecified atom stereocenters. The predicted molar refractivity (Wildman–Crippen MR) is 70.9 cm³/mol. The van der Waals surface area contributed by atoms with Gasteiger partial charge in [0.2, 0.25) is 0 Å². The van der Waals surface area contributed by atoms with Gasteiger partial charge >= 0.3 is 5.97 Å². The third-order valence-electron chi connectivity index (χ3n) is 3.15. The molecule has 0 fully saturated rings. The highest BCUT2D eigenvalue weighted by atomic mass is 19.2. The zero-order valence-electron chi connectivity index (χ0n) is 11.9. The topological polar surface area (TPSA) is 75.6 Å². The van der Waals surface area contributed by atoms with E-state index in [-0.39, 0.29) is 12.2 Å². The molecule has 2 N–H and O–H groups in total. The van der Waals surface area contributed by atoms with Gasteiger partial charge in [-0.3, -0.25) is 4.79 Å². The highest BCUT2D eigenvalue weighted by Crippen LogP contribution is 2.17. The van der Waals surface area contributed by atoms with Gasteiger partial charge in [-0.1, -0.05) is 6.92 Å². The standard InChI is InChI=1S/C14H17F2NO4/c1-4-14(3,13(19)20)17-12(18)8(2)21-9-5-6-10(15)11(16)7-9/h5-8H,4H2,1-3H3,(H,17,18)(H,19,20). The molecule has 0 heterocycles. The summed E-state index contributed by atoms with van der Waals surface area (Å²) in [6, 6.07) is 2.87. The number of hydrogen-bond acceptors (Lipinski definition) is 3. The van der Waals surface area contributed by atoms with Crippen LogP contribution in [0.15, 0.2) is 18.2 Å². The Balaban J connectivity index is 2.74. The maximum atomic E-state index is 13.0. The van der Waals surface area contributed by atoms with E-state index < -0.39 is 35.2 Å². The second-order valence-corrected chi connectivity index (χ2v) is 4.82. The predicted octanol–water partition coefficient (Wildman–Crippen LogP) is 2.10. The van der Waals surface area contributed by atoms with Crippen LogP contribution >= 0.6 is 0 Å². The minimum absolute atomic E-state index is 0.0231. The van der Waals surface area contributed by atoms with E-state index >= 15 is 0 Å². The summed E-state index contributed by atoms with van der Waals surface area (Å²) in [6.07, 6.45) is -0.869. The van der Waals surface area contributed by atoms with Crippen molar-refractivity contribution in [2.45, 2.75) is 38.8 Å². The molecular weight excluding hydrogens is 284 g/mol. The van der Waals surface area contributed by atoms with Gasteiger partial charge in [-0.05, 0) is 32.4 Å². The van der Waals surface area contributed by atoms with E-state index in [1.165, 1.54) is 19.9 Å². The van der Waals surface area contributed by atoms with Crippen molar-refractivity contribution in [3.8, 4) is 5.75 Å². The second-order valence-electron chi connectivity index (χ2n) is 4.82. The quantitative estimate of drug-likeness (QED) is 0.843. The molecule has 1 aromatic rings. The Labute approximate surface area is 120 Å². The molecule has 1 amide bonds. The third-order valence-corrected chi connectivity index (χ3v) is 3.15. The molecule has 21 heavy (non-hydrogen) atoms. The van der Waals surface area contributed by atoms with Crippen LogP contribution in [-0.2, 0) is 9.59 Å². The van der Waals surface area contributed by atoms with E-state index in [4.69, 9.17) is 9.84 Å². The van der Waals surface area contributed by atoms with Gasteiger partial charge < -0.3 is 15.2 Å². The maximum absolute atomic E-state index is 13.0. The molecule has 1 rings (SSSR count). The first-order chi connectivity index (χ1) is 9.69. The van der Waals surface area contributed by atoms with E-state index in [9.17, 15) is 18.4 Å². The van der Waals surface area contributed by atoms with Gasteiger partial charge in [0.1, 0.15) is 11.3 Å². The molecule has 0 spiro atoms. The molecule has 0 bridgehead atoms. The summed E-state index contributed by atoms with van der Waals surface area (Å²) in [5, 5.41) is 11.4. The molecular formula is C14H17F2NO4. The highest BCUT2D eigenvalue weighted by molar-refractivity contribution is 5.88. The minimum Gasteiger partial charge on any atom is -0.481 e. The van der Waals surface area contributed by atoms with Crippen LogP contribution in [0.4, 0.5) is 8.78 Å². The molecule has 0 radical (unpaired) electrons. The Morgan fingerprint density at radius 3 is 2.48 bits per heavy atom. The fraction of sp³-hybridized carbons (Fsp3) is 0.429. The lowest BCUT2D eigenvalue weighted by Crippen LogP contribution is -2.54. The van der Waals surface area contributed by atoms with Crippen molar-refractivity contribution >= 4 is 11.9 Å². The van der Waals surface area contributed by atoms with E-state index in [2.05, 4.69) is 5.32 Å². The van der Waals surface area contributed by atoms with Gasteiger partial charge in [0.05, 0.1) is 0 Å². The average molecular weight is 301 g/mol. The number of aliphatic carboxylic acids is 1. The van der Waals surface area contributed by atoms with E-state index in [0.717, 1.165) is 12.1 Å². The first-order valence-electron chi connectivity index (χ1n) is 6.36. The van der Waals surface area contributed by atoms with E-state index in [1.807, 2.05) is 0 Å². The molecule has 1 aromatic carbocycles. The first kappa shape index (κ1) is 16.9. The number of rotatable bonds is 6. The van der Waals surface area contributed by atoms with Gasteiger partial charge in [-0.15, -0.1) is 0 Å². The number of nitrogens with one attached hydrogen (secondary N) is 1. The Hall–Kier alpha value is -2.18. The van der Waals surface area contributed by atoms with E-state index in [0.29, 0.717) is 0 Å². The summed E-state index contributed by atoms with van der Waals surface area (Å²) in [7, 11) is 0. The van der Waals surface area contributed by atoms with Crippen LogP contribution in [0.5, 0.6) is 5.75 Å². The number of hydrogen-bond donors (Lipinski definition) is 2. The lowest BCUT2D eigenvalue weighted by molar-refractivity contribution is -0.148. The van der Waals surface area contributed by atoms with Gasteiger partial charge in [-0.2, -0.15) is 0 Å². The first-order valence-corrected chi connectivity index (χ1v) is 6.36. The molecule has 5 nitrogen and oxygen atoms in total. The number of ether oxygens (including phenoxy) is 1. The number of carboxylic acids is 1. The van der Waals surface area contributed by atoms with Crippen LogP contribution in [0.25, 0.3) is 0 Å². The van der Waals surface area contributed by atoms with Crippen molar-refractivity contribution in [2.75, 3.05) is 0 Å². The normalized spacial score (nSPS) is 14.9. The fourth-order valence-corrected chi connectivity index (χ4v) is 1.47. The fourth-order valence-electron chi connectivity index (χ4n) is 1.47. The molecule has 0 aromatic heterocycles. The summed E-state index contributed by atoms with van der Waals surface area (Å²) in [4.78, 5) is 23.0.